The van der Waals surface area contributed by atoms with Gasteiger partial charge in [0.1, 0.15) is 6.10 Å². The highest BCUT2D eigenvalue weighted by atomic mass is 16.5. The molecule has 17 heavy (non-hydrogen) atoms. The summed E-state index contributed by atoms with van der Waals surface area (Å²) in [5.74, 6) is 0. The Kier molecular flexibility index (Phi) is 12.1. The Morgan fingerprint density at radius 3 is 1.94 bits per heavy atom. The highest BCUT2D eigenvalue weighted by Gasteiger charge is 2.02. The molecule has 0 rings (SSSR count). The Labute approximate surface area is 103 Å². The summed E-state index contributed by atoms with van der Waals surface area (Å²) in [6.07, 6.45) is 2.33. The molecular weight excluding hydrogens is 224 g/mol. The smallest absolute Gasteiger partial charge is 0.100 e. The molecule has 0 aliphatic rings. The molecule has 3 N–H and O–H groups in total. The third-order valence-corrected chi connectivity index (χ3v) is 2.28. The Bertz CT molecular complexity index is 154. The summed E-state index contributed by atoms with van der Waals surface area (Å²) in [6.45, 7) is 3.51. The van der Waals surface area contributed by atoms with Crippen molar-refractivity contribution in [1.29, 1.82) is 0 Å². The molecule has 0 amide bonds. The van der Waals surface area contributed by atoms with E-state index in [1.807, 2.05) is 6.92 Å². The van der Waals surface area contributed by atoms with E-state index in [2.05, 4.69) is 0 Å². The molecule has 0 radical (unpaired) electrons. The SMILES string of the molecule is CCCC(O)COCCCCOCC(O)CO. The van der Waals surface area contributed by atoms with Crippen molar-refractivity contribution in [2.75, 3.05) is 33.0 Å². The van der Waals surface area contributed by atoms with Crippen molar-refractivity contribution in [3.63, 3.8) is 0 Å². The molecule has 0 bridgehead atoms. The van der Waals surface area contributed by atoms with Gasteiger partial charge in [0, 0.05) is 13.2 Å². The fourth-order valence-corrected chi connectivity index (χ4v) is 1.32. The third kappa shape index (κ3) is 12.1. The average Bonchev–Trinajstić information content (AvgIpc) is 2.32. The molecule has 5 heteroatoms. The van der Waals surface area contributed by atoms with Crippen LogP contribution >= 0.6 is 0 Å². The second-order valence-electron chi connectivity index (χ2n) is 4.14. The van der Waals surface area contributed by atoms with Gasteiger partial charge in [0.25, 0.3) is 0 Å². The zero-order chi connectivity index (χ0) is 12.9. The Morgan fingerprint density at radius 1 is 0.941 bits per heavy atom. The standard InChI is InChI=1S/C12H26O5/c1-2-5-11(14)9-16-6-3-4-7-17-10-12(15)8-13/h11-15H,2-10H2,1H3. The lowest BCUT2D eigenvalue weighted by Crippen LogP contribution is -2.19. The fraction of sp³-hybridized carbons (Fsp3) is 1.00. The van der Waals surface area contributed by atoms with E-state index in [0.717, 1.165) is 25.7 Å². The summed E-state index contributed by atoms with van der Waals surface area (Å²) >= 11 is 0. The van der Waals surface area contributed by atoms with Gasteiger partial charge in [0.05, 0.1) is 25.9 Å². The molecular formula is C12H26O5. The van der Waals surface area contributed by atoms with Crippen LogP contribution in [0.4, 0.5) is 0 Å². The minimum Gasteiger partial charge on any atom is -0.394 e. The topological polar surface area (TPSA) is 79.2 Å². The van der Waals surface area contributed by atoms with Crippen LogP contribution in [-0.4, -0.2) is 60.6 Å². The Balaban J connectivity index is 3.08. The van der Waals surface area contributed by atoms with E-state index in [1.54, 1.807) is 0 Å². The maximum Gasteiger partial charge on any atom is 0.100 e. The van der Waals surface area contributed by atoms with Crippen molar-refractivity contribution in [1.82, 2.24) is 0 Å². The molecule has 2 atom stereocenters. The van der Waals surface area contributed by atoms with Crippen molar-refractivity contribution in [3.8, 4) is 0 Å². The molecule has 104 valence electrons. The van der Waals surface area contributed by atoms with Crippen LogP contribution in [0.3, 0.4) is 0 Å². The molecule has 0 saturated heterocycles. The van der Waals surface area contributed by atoms with Gasteiger partial charge in [-0.2, -0.15) is 0 Å². The maximum atomic E-state index is 9.38. The van der Waals surface area contributed by atoms with Gasteiger partial charge in [0.2, 0.25) is 0 Å². The fourth-order valence-electron chi connectivity index (χ4n) is 1.32. The molecule has 5 nitrogen and oxygen atoms in total. The minimum atomic E-state index is -0.782. The number of ether oxygens (including phenoxy) is 2. The highest BCUT2D eigenvalue weighted by Crippen LogP contribution is 1.98. The van der Waals surface area contributed by atoms with Gasteiger partial charge in [-0.3, -0.25) is 0 Å². The predicted octanol–water partition coefficient (Wildman–Crippen LogP) is 0.314. The first kappa shape index (κ1) is 16.8. The maximum absolute atomic E-state index is 9.38. The first-order chi connectivity index (χ1) is 8.20. The van der Waals surface area contributed by atoms with Crippen molar-refractivity contribution in [2.24, 2.45) is 0 Å². The number of rotatable bonds is 12. The summed E-state index contributed by atoms with van der Waals surface area (Å²) < 4.78 is 10.4. The number of aliphatic hydroxyl groups excluding tert-OH is 3. The van der Waals surface area contributed by atoms with Crippen LogP contribution in [0, 0.1) is 0 Å². The van der Waals surface area contributed by atoms with Gasteiger partial charge in [-0.1, -0.05) is 13.3 Å². The summed E-state index contributed by atoms with van der Waals surface area (Å²) in [7, 11) is 0. The highest BCUT2D eigenvalue weighted by molar-refractivity contribution is 4.52. The quantitative estimate of drug-likeness (QED) is 0.435. The molecule has 0 spiro atoms. The third-order valence-electron chi connectivity index (χ3n) is 2.28. The normalized spacial score (nSPS) is 14.8. The number of aliphatic hydroxyl groups is 3. The summed E-state index contributed by atoms with van der Waals surface area (Å²) in [4.78, 5) is 0. The lowest BCUT2D eigenvalue weighted by molar-refractivity contribution is 0.000904. The molecule has 0 aliphatic heterocycles. The van der Waals surface area contributed by atoms with E-state index in [0.29, 0.717) is 19.8 Å². The molecule has 0 fully saturated rings. The van der Waals surface area contributed by atoms with E-state index >= 15 is 0 Å². The molecule has 0 aromatic heterocycles. The lowest BCUT2D eigenvalue weighted by atomic mass is 10.2. The lowest BCUT2D eigenvalue weighted by Gasteiger charge is -2.10. The van der Waals surface area contributed by atoms with Gasteiger partial charge in [-0.05, 0) is 19.3 Å². The largest absolute Gasteiger partial charge is 0.394 e. The summed E-state index contributed by atoms with van der Waals surface area (Å²) in [5.41, 5.74) is 0. The van der Waals surface area contributed by atoms with Gasteiger partial charge < -0.3 is 24.8 Å². The van der Waals surface area contributed by atoms with E-state index < -0.39 is 6.10 Å². The van der Waals surface area contributed by atoms with Gasteiger partial charge in [0.15, 0.2) is 0 Å². The average molecular weight is 250 g/mol. The van der Waals surface area contributed by atoms with Crippen LogP contribution in [-0.2, 0) is 9.47 Å². The first-order valence-electron chi connectivity index (χ1n) is 6.33. The van der Waals surface area contributed by atoms with Crippen LogP contribution in [0.15, 0.2) is 0 Å². The van der Waals surface area contributed by atoms with Crippen LogP contribution in [0.5, 0.6) is 0 Å². The monoisotopic (exact) mass is 250 g/mol. The minimum absolute atomic E-state index is 0.173. The van der Waals surface area contributed by atoms with E-state index in [1.165, 1.54) is 0 Å². The summed E-state index contributed by atoms with van der Waals surface area (Å²) in [5, 5.41) is 26.9. The molecule has 0 saturated carbocycles. The van der Waals surface area contributed by atoms with Crippen LogP contribution in [0.25, 0.3) is 0 Å². The van der Waals surface area contributed by atoms with Crippen LogP contribution in [0.2, 0.25) is 0 Å². The molecule has 0 aliphatic carbocycles. The van der Waals surface area contributed by atoms with Crippen molar-refractivity contribution in [2.45, 2.75) is 44.8 Å². The number of unbranched alkanes of at least 4 members (excludes halogenated alkanes) is 1. The molecule has 0 aromatic rings. The van der Waals surface area contributed by atoms with Gasteiger partial charge in [-0.15, -0.1) is 0 Å². The Morgan fingerprint density at radius 2 is 1.47 bits per heavy atom. The molecule has 2 unspecified atom stereocenters. The first-order valence-corrected chi connectivity index (χ1v) is 6.33. The predicted molar refractivity (Wildman–Crippen MR) is 64.9 cm³/mol. The van der Waals surface area contributed by atoms with Gasteiger partial charge in [-0.25, -0.2) is 0 Å². The summed E-state index contributed by atoms with van der Waals surface area (Å²) in [6, 6.07) is 0. The number of hydrogen-bond acceptors (Lipinski definition) is 5. The van der Waals surface area contributed by atoms with Crippen molar-refractivity contribution in [3.05, 3.63) is 0 Å². The van der Waals surface area contributed by atoms with Crippen molar-refractivity contribution < 1.29 is 24.8 Å². The van der Waals surface area contributed by atoms with Crippen LogP contribution < -0.4 is 0 Å². The zero-order valence-corrected chi connectivity index (χ0v) is 10.7. The van der Waals surface area contributed by atoms with E-state index in [9.17, 15) is 5.11 Å². The second kappa shape index (κ2) is 12.3. The van der Waals surface area contributed by atoms with E-state index in [4.69, 9.17) is 19.7 Å². The number of hydrogen-bond donors (Lipinski definition) is 3. The molecule has 0 heterocycles. The Hall–Kier alpha value is -0.200. The van der Waals surface area contributed by atoms with Crippen LogP contribution in [0.1, 0.15) is 32.6 Å². The van der Waals surface area contributed by atoms with Crippen molar-refractivity contribution >= 4 is 0 Å². The second-order valence-corrected chi connectivity index (χ2v) is 4.14. The zero-order valence-electron chi connectivity index (χ0n) is 10.7. The van der Waals surface area contributed by atoms with Gasteiger partial charge >= 0.3 is 0 Å². The van der Waals surface area contributed by atoms with E-state index in [-0.39, 0.29) is 19.3 Å². The molecule has 0 aromatic carbocycles.